The van der Waals surface area contributed by atoms with Gasteiger partial charge in [0.15, 0.2) is 9.84 Å². The first-order chi connectivity index (χ1) is 7.46. The number of hydrogen-bond donors (Lipinski definition) is 1. The predicted molar refractivity (Wildman–Crippen MR) is 64.3 cm³/mol. The number of halogens is 1. The first-order valence-corrected chi connectivity index (χ1v) is 7.23. The van der Waals surface area contributed by atoms with Crippen molar-refractivity contribution in [3.8, 4) is 0 Å². The van der Waals surface area contributed by atoms with Gasteiger partial charge in [-0.1, -0.05) is 18.5 Å². The van der Waals surface area contributed by atoms with E-state index in [0.717, 1.165) is 5.82 Å². The Hall–Kier alpha value is -0.590. The molecule has 0 radical (unpaired) electrons. The summed E-state index contributed by atoms with van der Waals surface area (Å²) in [5.74, 6) is 1.13. The SMILES string of the molecule is CCS(=O)(=O)CCNCc1ncc(Cl)n1C. The fourth-order valence-electron chi connectivity index (χ4n) is 1.16. The van der Waals surface area contributed by atoms with Crippen molar-refractivity contribution in [3.63, 3.8) is 0 Å². The second-order valence-electron chi connectivity index (χ2n) is 3.47. The van der Waals surface area contributed by atoms with Gasteiger partial charge in [0.25, 0.3) is 0 Å². The van der Waals surface area contributed by atoms with Gasteiger partial charge in [-0.25, -0.2) is 13.4 Å². The van der Waals surface area contributed by atoms with Gasteiger partial charge in [-0.2, -0.15) is 0 Å². The van der Waals surface area contributed by atoms with Crippen LogP contribution in [0.5, 0.6) is 0 Å². The van der Waals surface area contributed by atoms with Crippen molar-refractivity contribution < 1.29 is 8.42 Å². The molecule has 92 valence electrons. The van der Waals surface area contributed by atoms with E-state index in [1.54, 1.807) is 17.7 Å². The lowest BCUT2D eigenvalue weighted by Gasteiger charge is -2.05. The smallest absolute Gasteiger partial charge is 0.151 e. The first-order valence-electron chi connectivity index (χ1n) is 5.03. The maximum atomic E-state index is 11.2. The Morgan fingerprint density at radius 3 is 2.75 bits per heavy atom. The first kappa shape index (κ1) is 13.5. The third-order valence-electron chi connectivity index (χ3n) is 2.34. The van der Waals surface area contributed by atoms with Crippen LogP contribution in [0.2, 0.25) is 5.15 Å². The molecule has 16 heavy (non-hydrogen) atoms. The second kappa shape index (κ2) is 5.65. The molecule has 0 fully saturated rings. The van der Waals surface area contributed by atoms with E-state index < -0.39 is 9.84 Å². The molecule has 0 aliphatic carbocycles. The van der Waals surface area contributed by atoms with Gasteiger partial charge in [0.05, 0.1) is 18.5 Å². The van der Waals surface area contributed by atoms with Gasteiger partial charge < -0.3 is 9.88 Å². The average Bonchev–Trinajstić information content (AvgIpc) is 2.56. The van der Waals surface area contributed by atoms with Gasteiger partial charge in [-0.05, 0) is 0 Å². The summed E-state index contributed by atoms with van der Waals surface area (Å²) in [7, 11) is -1.08. The molecule has 0 aliphatic rings. The van der Waals surface area contributed by atoms with E-state index in [9.17, 15) is 8.42 Å². The standard InChI is InChI=1S/C9H16ClN3O2S/c1-3-16(14,15)5-4-11-7-9-12-6-8(10)13(9)2/h6,11H,3-5,7H2,1-2H3. The normalized spacial score (nSPS) is 11.9. The van der Waals surface area contributed by atoms with E-state index in [1.807, 2.05) is 7.05 Å². The van der Waals surface area contributed by atoms with Crippen LogP contribution >= 0.6 is 11.6 Å². The minimum atomic E-state index is -2.89. The van der Waals surface area contributed by atoms with Crippen molar-refractivity contribution in [1.29, 1.82) is 0 Å². The van der Waals surface area contributed by atoms with Crippen LogP contribution in [0.4, 0.5) is 0 Å². The Labute approximate surface area is 101 Å². The van der Waals surface area contributed by atoms with Gasteiger partial charge in [-0.3, -0.25) is 0 Å². The summed E-state index contributed by atoms with van der Waals surface area (Å²) in [6.07, 6.45) is 1.57. The largest absolute Gasteiger partial charge is 0.321 e. The maximum absolute atomic E-state index is 11.2. The van der Waals surface area contributed by atoms with Crippen molar-refractivity contribution >= 4 is 21.4 Å². The Balaban J connectivity index is 2.34. The van der Waals surface area contributed by atoms with E-state index >= 15 is 0 Å². The van der Waals surface area contributed by atoms with E-state index in [4.69, 9.17) is 11.6 Å². The zero-order chi connectivity index (χ0) is 12.2. The molecule has 1 aromatic rings. The van der Waals surface area contributed by atoms with E-state index in [-0.39, 0.29) is 11.5 Å². The number of aromatic nitrogens is 2. The van der Waals surface area contributed by atoms with Crippen molar-refractivity contribution in [3.05, 3.63) is 17.2 Å². The quantitative estimate of drug-likeness (QED) is 0.765. The molecule has 0 saturated carbocycles. The summed E-state index contributed by atoms with van der Waals surface area (Å²) in [6, 6.07) is 0. The van der Waals surface area contributed by atoms with Crippen molar-refractivity contribution in [1.82, 2.24) is 14.9 Å². The molecule has 7 heteroatoms. The fraction of sp³-hybridized carbons (Fsp3) is 0.667. The monoisotopic (exact) mass is 265 g/mol. The molecule has 0 amide bonds. The molecular formula is C9H16ClN3O2S. The summed E-state index contributed by atoms with van der Waals surface area (Å²) < 4.78 is 24.2. The molecule has 0 bridgehead atoms. The molecule has 1 rings (SSSR count). The van der Waals surface area contributed by atoms with Crippen LogP contribution < -0.4 is 5.32 Å². The minimum absolute atomic E-state index is 0.154. The lowest BCUT2D eigenvalue weighted by molar-refractivity contribution is 0.589. The van der Waals surface area contributed by atoms with Crippen LogP contribution in [-0.2, 0) is 23.4 Å². The highest BCUT2D eigenvalue weighted by Crippen LogP contribution is 2.08. The van der Waals surface area contributed by atoms with Gasteiger partial charge in [-0.15, -0.1) is 0 Å². The third kappa shape index (κ3) is 3.77. The second-order valence-corrected chi connectivity index (χ2v) is 6.33. The van der Waals surface area contributed by atoms with Crippen molar-refractivity contribution in [2.45, 2.75) is 13.5 Å². The lowest BCUT2D eigenvalue weighted by Crippen LogP contribution is -2.24. The Bertz CT molecular complexity index is 442. The summed E-state index contributed by atoms with van der Waals surface area (Å²) in [6.45, 7) is 2.59. The van der Waals surface area contributed by atoms with Crippen LogP contribution in [0.15, 0.2) is 6.20 Å². The third-order valence-corrected chi connectivity index (χ3v) is 4.40. The van der Waals surface area contributed by atoms with E-state index in [2.05, 4.69) is 10.3 Å². The van der Waals surface area contributed by atoms with Crippen molar-refractivity contribution in [2.24, 2.45) is 7.05 Å². The Morgan fingerprint density at radius 1 is 1.56 bits per heavy atom. The topological polar surface area (TPSA) is 64.0 Å². The molecule has 1 aromatic heterocycles. The molecule has 5 nitrogen and oxygen atoms in total. The van der Waals surface area contributed by atoms with Crippen LogP contribution in [0, 0.1) is 0 Å². The lowest BCUT2D eigenvalue weighted by atomic mass is 10.5. The summed E-state index contributed by atoms with van der Waals surface area (Å²) in [5, 5.41) is 3.59. The molecule has 0 aromatic carbocycles. The zero-order valence-corrected chi connectivity index (χ0v) is 11.0. The van der Waals surface area contributed by atoms with Crippen LogP contribution in [0.3, 0.4) is 0 Å². The van der Waals surface area contributed by atoms with Crippen molar-refractivity contribution in [2.75, 3.05) is 18.1 Å². The number of sulfone groups is 1. The van der Waals surface area contributed by atoms with Gasteiger partial charge >= 0.3 is 0 Å². The van der Waals surface area contributed by atoms with E-state index in [1.165, 1.54) is 0 Å². The minimum Gasteiger partial charge on any atom is -0.321 e. The van der Waals surface area contributed by atoms with Crippen LogP contribution in [0.1, 0.15) is 12.7 Å². The number of rotatable bonds is 6. The number of hydrogen-bond acceptors (Lipinski definition) is 4. The highest BCUT2D eigenvalue weighted by Gasteiger charge is 2.07. The van der Waals surface area contributed by atoms with Crippen LogP contribution in [-0.4, -0.2) is 36.0 Å². The summed E-state index contributed by atoms with van der Waals surface area (Å²) in [5.41, 5.74) is 0. The Morgan fingerprint density at radius 2 is 2.25 bits per heavy atom. The molecule has 0 aliphatic heterocycles. The van der Waals surface area contributed by atoms with Crippen LogP contribution in [0.25, 0.3) is 0 Å². The number of nitrogens with zero attached hydrogens (tertiary/aromatic N) is 2. The van der Waals surface area contributed by atoms with E-state index in [0.29, 0.717) is 18.2 Å². The molecule has 0 atom stereocenters. The molecule has 1 N–H and O–H groups in total. The number of nitrogens with one attached hydrogen (secondary N) is 1. The van der Waals surface area contributed by atoms with Gasteiger partial charge in [0.2, 0.25) is 0 Å². The highest BCUT2D eigenvalue weighted by molar-refractivity contribution is 7.91. The maximum Gasteiger partial charge on any atom is 0.151 e. The van der Waals surface area contributed by atoms with Gasteiger partial charge in [0, 0.05) is 19.3 Å². The summed E-state index contributed by atoms with van der Waals surface area (Å²) >= 11 is 5.81. The average molecular weight is 266 g/mol. The highest BCUT2D eigenvalue weighted by atomic mass is 35.5. The Kier molecular flexibility index (Phi) is 4.76. The molecular weight excluding hydrogens is 250 g/mol. The molecule has 0 spiro atoms. The molecule has 0 unspecified atom stereocenters. The summed E-state index contributed by atoms with van der Waals surface area (Å²) in [4.78, 5) is 4.09. The van der Waals surface area contributed by atoms with Gasteiger partial charge in [0.1, 0.15) is 11.0 Å². The number of imidazole rings is 1. The predicted octanol–water partition coefficient (Wildman–Crippen LogP) is 0.598. The molecule has 0 saturated heterocycles. The fourth-order valence-corrected chi connectivity index (χ4v) is 2.05. The molecule has 1 heterocycles. The zero-order valence-electron chi connectivity index (χ0n) is 9.40.